The molecule has 1 aromatic carbocycles. The SMILES string of the molecule is Cc1cc(=O)n(C)c2cc(F)c(OCCNC[C@H]3CN(c4cnc5c(n4)NC(=O)CO5)C(=O)O3)cc12. The maximum Gasteiger partial charge on any atom is 0.416 e. The number of fused-ring (bicyclic) bond motifs is 2. The number of carbonyl (C=O) groups is 2. The molecule has 5 rings (SSSR count). The summed E-state index contributed by atoms with van der Waals surface area (Å²) in [5, 5.41) is 6.40. The Morgan fingerprint density at radius 1 is 1.28 bits per heavy atom. The minimum atomic E-state index is -0.585. The highest BCUT2D eigenvalue weighted by molar-refractivity contribution is 5.94. The van der Waals surface area contributed by atoms with Crippen molar-refractivity contribution in [1.82, 2.24) is 19.9 Å². The van der Waals surface area contributed by atoms with Gasteiger partial charge in [-0.2, -0.15) is 0 Å². The van der Waals surface area contributed by atoms with Crippen molar-refractivity contribution in [2.75, 3.05) is 43.1 Å². The summed E-state index contributed by atoms with van der Waals surface area (Å²) >= 11 is 0. The van der Waals surface area contributed by atoms with Crippen LogP contribution in [0.2, 0.25) is 0 Å². The normalized spacial score (nSPS) is 17.0. The van der Waals surface area contributed by atoms with E-state index in [0.717, 1.165) is 10.9 Å². The van der Waals surface area contributed by atoms with Gasteiger partial charge in [0.05, 0.1) is 18.3 Å². The predicted octanol–water partition coefficient (Wildman–Crippen LogP) is 1.10. The molecule has 0 bridgehead atoms. The molecule has 12 nitrogen and oxygen atoms in total. The fourth-order valence-electron chi connectivity index (χ4n) is 4.02. The maximum absolute atomic E-state index is 14.5. The number of rotatable bonds is 7. The minimum Gasteiger partial charge on any atom is -0.489 e. The molecule has 4 heterocycles. The average molecular weight is 498 g/mol. The number of nitrogens with zero attached hydrogens (tertiary/aromatic N) is 4. The number of carbonyl (C=O) groups excluding carboxylic acids is 2. The third-order valence-electron chi connectivity index (χ3n) is 5.89. The van der Waals surface area contributed by atoms with Crippen LogP contribution in [-0.2, 0) is 16.6 Å². The van der Waals surface area contributed by atoms with E-state index in [-0.39, 0.29) is 54.5 Å². The van der Waals surface area contributed by atoms with E-state index in [1.54, 1.807) is 20.0 Å². The van der Waals surface area contributed by atoms with E-state index in [1.807, 2.05) is 0 Å². The molecule has 0 saturated carbocycles. The summed E-state index contributed by atoms with van der Waals surface area (Å²) in [7, 11) is 1.59. The first-order valence-electron chi connectivity index (χ1n) is 11.2. The van der Waals surface area contributed by atoms with Crippen LogP contribution >= 0.6 is 0 Å². The molecule has 36 heavy (non-hydrogen) atoms. The molecule has 2 aliphatic rings. The summed E-state index contributed by atoms with van der Waals surface area (Å²) < 4.78 is 32.1. The molecule has 0 aliphatic carbocycles. The number of hydrogen-bond acceptors (Lipinski definition) is 9. The lowest BCUT2D eigenvalue weighted by Gasteiger charge is -2.18. The summed E-state index contributed by atoms with van der Waals surface area (Å²) in [6.45, 7) is 2.77. The van der Waals surface area contributed by atoms with Crippen LogP contribution in [0.1, 0.15) is 5.56 Å². The molecule has 1 fully saturated rings. The molecule has 0 radical (unpaired) electrons. The predicted molar refractivity (Wildman–Crippen MR) is 126 cm³/mol. The van der Waals surface area contributed by atoms with Gasteiger partial charge in [0.15, 0.2) is 29.8 Å². The van der Waals surface area contributed by atoms with Crippen molar-refractivity contribution in [2.45, 2.75) is 13.0 Å². The van der Waals surface area contributed by atoms with Crippen molar-refractivity contribution in [1.29, 1.82) is 0 Å². The fourth-order valence-corrected chi connectivity index (χ4v) is 4.02. The molecule has 1 saturated heterocycles. The van der Waals surface area contributed by atoms with E-state index in [1.165, 1.54) is 27.8 Å². The van der Waals surface area contributed by atoms with Gasteiger partial charge >= 0.3 is 6.09 Å². The first-order chi connectivity index (χ1) is 17.3. The minimum absolute atomic E-state index is 0.0894. The van der Waals surface area contributed by atoms with Gasteiger partial charge in [-0.05, 0) is 18.6 Å². The molecule has 13 heteroatoms. The molecule has 0 spiro atoms. The zero-order valence-electron chi connectivity index (χ0n) is 19.5. The highest BCUT2D eigenvalue weighted by Crippen LogP contribution is 2.28. The Labute approximate surface area is 204 Å². The molecular weight excluding hydrogens is 475 g/mol. The summed E-state index contributed by atoms with van der Waals surface area (Å²) in [5.74, 6) is -0.260. The van der Waals surface area contributed by atoms with Crippen molar-refractivity contribution >= 4 is 34.5 Å². The first kappa shape index (κ1) is 23.5. The van der Waals surface area contributed by atoms with Crippen molar-refractivity contribution in [3.05, 3.63) is 46.1 Å². The van der Waals surface area contributed by atoms with Crippen LogP contribution in [0, 0.1) is 12.7 Å². The number of ether oxygens (including phenoxy) is 3. The Morgan fingerprint density at radius 2 is 2.11 bits per heavy atom. The standard InChI is InChI=1S/C23H23FN6O6/c1-12-5-20(32)29(2)16-7-15(24)17(6-14(12)16)34-4-3-25-8-13-10-30(23(33)36-13)18-9-26-22-21(27-18)28-19(31)11-35-22/h5-7,9,13,25H,3-4,8,10-11H2,1-2H3,(H,27,28,31)/t13-/m0/s1. The van der Waals surface area contributed by atoms with Gasteiger partial charge in [-0.25, -0.2) is 19.2 Å². The largest absolute Gasteiger partial charge is 0.489 e. The highest BCUT2D eigenvalue weighted by atomic mass is 19.1. The Hall–Kier alpha value is -4.26. The van der Waals surface area contributed by atoms with Crippen LogP contribution in [-0.4, -0.2) is 65.5 Å². The van der Waals surface area contributed by atoms with E-state index in [4.69, 9.17) is 14.2 Å². The Bertz CT molecular complexity index is 1430. The zero-order chi connectivity index (χ0) is 25.4. The average Bonchev–Trinajstić information content (AvgIpc) is 3.22. The lowest BCUT2D eigenvalue weighted by Crippen LogP contribution is -2.33. The van der Waals surface area contributed by atoms with Crippen LogP contribution in [0.25, 0.3) is 10.9 Å². The van der Waals surface area contributed by atoms with Gasteiger partial charge < -0.3 is 29.4 Å². The lowest BCUT2D eigenvalue weighted by molar-refractivity contribution is -0.118. The molecule has 2 N–H and O–H groups in total. The van der Waals surface area contributed by atoms with Crippen molar-refractivity contribution in [2.24, 2.45) is 7.05 Å². The molecule has 0 unspecified atom stereocenters. The quantitative estimate of drug-likeness (QED) is 0.459. The number of pyridine rings is 1. The number of aryl methyl sites for hydroxylation is 2. The second-order valence-corrected chi connectivity index (χ2v) is 8.41. The van der Waals surface area contributed by atoms with E-state index >= 15 is 0 Å². The lowest BCUT2D eigenvalue weighted by atomic mass is 10.1. The van der Waals surface area contributed by atoms with Gasteiger partial charge in [0, 0.05) is 37.7 Å². The smallest absolute Gasteiger partial charge is 0.416 e. The molecule has 2 amide bonds. The van der Waals surface area contributed by atoms with Gasteiger partial charge in [0.1, 0.15) is 12.7 Å². The summed E-state index contributed by atoms with van der Waals surface area (Å²) in [5.41, 5.74) is 1.03. The van der Waals surface area contributed by atoms with Gasteiger partial charge in [-0.3, -0.25) is 14.5 Å². The van der Waals surface area contributed by atoms with E-state index in [2.05, 4.69) is 20.6 Å². The molecule has 1 atom stereocenters. The van der Waals surface area contributed by atoms with Crippen LogP contribution < -0.4 is 30.6 Å². The van der Waals surface area contributed by atoms with Crippen LogP contribution in [0.4, 0.5) is 20.8 Å². The van der Waals surface area contributed by atoms with E-state index < -0.39 is 18.0 Å². The summed E-state index contributed by atoms with van der Waals surface area (Å²) in [6, 6.07) is 4.38. The monoisotopic (exact) mass is 498 g/mol. The number of benzene rings is 1. The molecule has 2 aliphatic heterocycles. The number of aromatic nitrogens is 3. The third-order valence-corrected chi connectivity index (χ3v) is 5.89. The molecular formula is C23H23FN6O6. The number of nitrogens with one attached hydrogen (secondary N) is 2. The van der Waals surface area contributed by atoms with Crippen molar-refractivity contribution in [3.8, 4) is 11.6 Å². The molecule has 188 valence electrons. The Balaban J connectivity index is 1.14. The van der Waals surface area contributed by atoms with Crippen molar-refractivity contribution in [3.63, 3.8) is 0 Å². The third kappa shape index (κ3) is 4.52. The maximum atomic E-state index is 14.5. The van der Waals surface area contributed by atoms with Crippen LogP contribution in [0.15, 0.2) is 29.2 Å². The van der Waals surface area contributed by atoms with Gasteiger partial charge in [0.25, 0.3) is 17.3 Å². The second-order valence-electron chi connectivity index (χ2n) is 8.41. The Morgan fingerprint density at radius 3 is 2.94 bits per heavy atom. The van der Waals surface area contributed by atoms with Crippen LogP contribution in [0.3, 0.4) is 0 Å². The first-order valence-corrected chi connectivity index (χ1v) is 11.2. The van der Waals surface area contributed by atoms with Gasteiger partial charge in [0.2, 0.25) is 0 Å². The van der Waals surface area contributed by atoms with Gasteiger partial charge in [-0.15, -0.1) is 0 Å². The molecule has 3 aromatic rings. The molecule has 2 aromatic heterocycles. The van der Waals surface area contributed by atoms with E-state index in [0.29, 0.717) is 18.6 Å². The van der Waals surface area contributed by atoms with Crippen molar-refractivity contribution < 1.29 is 28.2 Å². The van der Waals surface area contributed by atoms with Gasteiger partial charge in [-0.1, -0.05) is 0 Å². The summed E-state index contributed by atoms with van der Waals surface area (Å²) in [6.07, 6.45) is 0.333. The number of halogens is 1. The zero-order valence-corrected chi connectivity index (χ0v) is 19.5. The number of amides is 2. The fraction of sp³-hybridized carbons (Fsp3) is 0.348. The number of cyclic esters (lactones) is 1. The number of anilines is 2. The highest BCUT2D eigenvalue weighted by Gasteiger charge is 2.34. The number of hydrogen-bond donors (Lipinski definition) is 2. The second kappa shape index (κ2) is 9.41. The topological polar surface area (TPSA) is 137 Å². The van der Waals surface area contributed by atoms with E-state index in [9.17, 15) is 18.8 Å². The van der Waals surface area contributed by atoms with Crippen LogP contribution in [0.5, 0.6) is 11.6 Å². The summed E-state index contributed by atoms with van der Waals surface area (Å²) in [4.78, 5) is 45.4. The Kier molecular flexibility index (Phi) is 6.14.